The number of anilines is 1. The van der Waals surface area contributed by atoms with Crippen LogP contribution in [0.15, 0.2) is 63.5 Å². The Labute approximate surface area is 211 Å². The Morgan fingerprint density at radius 1 is 1.12 bits per heavy atom. The summed E-state index contributed by atoms with van der Waals surface area (Å²) >= 11 is 14.2. The summed E-state index contributed by atoms with van der Waals surface area (Å²) in [5.41, 5.74) is 3.79. The first-order valence-electron chi connectivity index (χ1n) is 9.48. The second-order valence-corrected chi connectivity index (χ2v) is 10.1. The molecular formula is C23H17Br2N3O2S2. The zero-order chi connectivity index (χ0) is 22.8. The van der Waals surface area contributed by atoms with Gasteiger partial charge in [-0.1, -0.05) is 40.2 Å². The van der Waals surface area contributed by atoms with E-state index >= 15 is 0 Å². The molecule has 32 heavy (non-hydrogen) atoms. The van der Waals surface area contributed by atoms with Crippen molar-refractivity contribution in [1.82, 2.24) is 10.3 Å². The molecule has 0 aliphatic rings. The third-order valence-electron chi connectivity index (χ3n) is 4.71. The fraction of sp³-hybridized carbons (Fsp3) is 0.0870. The lowest BCUT2D eigenvalue weighted by molar-refractivity contribution is 0.0974. The van der Waals surface area contributed by atoms with Crippen LogP contribution in [0.4, 0.5) is 5.69 Å². The summed E-state index contributed by atoms with van der Waals surface area (Å²) in [4.78, 5) is 17.6. The predicted octanol–water partition coefficient (Wildman–Crippen LogP) is 6.93. The van der Waals surface area contributed by atoms with E-state index in [0.29, 0.717) is 17.0 Å². The van der Waals surface area contributed by atoms with Gasteiger partial charge in [0, 0.05) is 14.5 Å². The van der Waals surface area contributed by atoms with Crippen molar-refractivity contribution in [3.8, 4) is 16.3 Å². The summed E-state index contributed by atoms with van der Waals surface area (Å²) in [6, 6.07) is 17.2. The number of methoxy groups -OCH3 is 1. The Hall–Kier alpha value is -2.33. The Morgan fingerprint density at radius 3 is 2.66 bits per heavy atom. The molecule has 0 saturated carbocycles. The van der Waals surface area contributed by atoms with Crippen LogP contribution in [0, 0.1) is 6.92 Å². The van der Waals surface area contributed by atoms with Gasteiger partial charge in [-0.3, -0.25) is 10.1 Å². The molecule has 0 aliphatic heterocycles. The summed E-state index contributed by atoms with van der Waals surface area (Å²) in [6.45, 7) is 1.88. The van der Waals surface area contributed by atoms with Crippen LogP contribution in [-0.4, -0.2) is 23.1 Å². The number of ether oxygens (including phenoxy) is 1. The van der Waals surface area contributed by atoms with E-state index in [1.807, 2.05) is 49.4 Å². The van der Waals surface area contributed by atoms with Gasteiger partial charge < -0.3 is 10.1 Å². The number of amides is 1. The maximum Gasteiger partial charge on any atom is 0.261 e. The van der Waals surface area contributed by atoms with E-state index < -0.39 is 0 Å². The van der Waals surface area contributed by atoms with Crippen LogP contribution in [-0.2, 0) is 0 Å². The normalized spacial score (nSPS) is 10.8. The zero-order valence-electron chi connectivity index (χ0n) is 17.0. The van der Waals surface area contributed by atoms with Crippen LogP contribution in [0.3, 0.4) is 0 Å². The molecule has 4 rings (SSSR count). The fourth-order valence-electron chi connectivity index (χ4n) is 3.27. The zero-order valence-corrected chi connectivity index (χ0v) is 21.8. The van der Waals surface area contributed by atoms with Gasteiger partial charge in [-0.25, -0.2) is 4.98 Å². The number of aromatic nitrogens is 1. The SMILES string of the molecule is COc1c(C)cccc1C(=O)NC(=S)Nc1c(Br)cc(Br)cc1-c1nc2ccccc2s1. The molecule has 9 heteroatoms. The smallest absolute Gasteiger partial charge is 0.261 e. The van der Waals surface area contributed by atoms with E-state index in [0.717, 1.165) is 35.3 Å². The average molecular weight is 591 g/mol. The first-order chi connectivity index (χ1) is 15.4. The summed E-state index contributed by atoms with van der Waals surface area (Å²) in [7, 11) is 1.54. The second-order valence-electron chi connectivity index (χ2n) is 6.86. The number of rotatable bonds is 4. The van der Waals surface area contributed by atoms with E-state index in [4.69, 9.17) is 21.9 Å². The van der Waals surface area contributed by atoms with Crippen molar-refractivity contribution in [2.45, 2.75) is 6.92 Å². The Balaban J connectivity index is 1.64. The molecule has 5 nitrogen and oxygen atoms in total. The van der Waals surface area contributed by atoms with Gasteiger partial charge in [-0.2, -0.15) is 0 Å². The van der Waals surface area contributed by atoms with Crippen molar-refractivity contribution in [1.29, 1.82) is 0 Å². The highest BCUT2D eigenvalue weighted by molar-refractivity contribution is 9.11. The molecule has 3 aromatic carbocycles. The third-order valence-corrected chi connectivity index (χ3v) is 7.06. The van der Waals surface area contributed by atoms with Crippen LogP contribution in [0.5, 0.6) is 5.75 Å². The number of para-hydroxylation sites is 2. The Morgan fingerprint density at radius 2 is 1.91 bits per heavy atom. The second kappa shape index (κ2) is 9.66. The minimum atomic E-state index is -0.349. The summed E-state index contributed by atoms with van der Waals surface area (Å²) in [5, 5.41) is 6.91. The number of nitrogens with zero attached hydrogens (tertiary/aromatic N) is 1. The maximum absolute atomic E-state index is 12.8. The number of hydrogen-bond donors (Lipinski definition) is 2. The van der Waals surface area contributed by atoms with Crippen molar-refractivity contribution < 1.29 is 9.53 Å². The van der Waals surface area contributed by atoms with Crippen molar-refractivity contribution in [2.75, 3.05) is 12.4 Å². The van der Waals surface area contributed by atoms with E-state index in [-0.39, 0.29) is 11.0 Å². The molecule has 0 saturated heterocycles. The standard InChI is InChI=1S/C23H17Br2N3O2S2/c1-12-6-5-7-14(20(12)30-2)21(29)28-23(31)27-19-15(10-13(24)11-16(19)25)22-26-17-8-3-4-9-18(17)32-22/h3-11H,1-2H3,(H2,27,28,29,31). The van der Waals surface area contributed by atoms with Gasteiger partial charge in [0.2, 0.25) is 0 Å². The number of benzene rings is 3. The molecule has 1 aromatic heterocycles. The van der Waals surface area contributed by atoms with Gasteiger partial charge in [-0.15, -0.1) is 11.3 Å². The molecule has 1 amide bonds. The van der Waals surface area contributed by atoms with E-state index in [1.165, 1.54) is 0 Å². The van der Waals surface area contributed by atoms with Gasteiger partial charge in [0.15, 0.2) is 5.11 Å². The molecule has 0 atom stereocenters. The monoisotopic (exact) mass is 589 g/mol. The predicted molar refractivity (Wildman–Crippen MR) is 142 cm³/mol. The first-order valence-corrected chi connectivity index (χ1v) is 12.3. The molecule has 0 fully saturated rings. The van der Waals surface area contributed by atoms with Gasteiger partial charge >= 0.3 is 0 Å². The summed E-state index contributed by atoms with van der Waals surface area (Å²) < 4.78 is 8.16. The first kappa shape index (κ1) is 22.8. The van der Waals surface area contributed by atoms with Gasteiger partial charge in [0.05, 0.1) is 28.6 Å². The fourth-order valence-corrected chi connectivity index (χ4v) is 5.78. The molecule has 0 aliphatic carbocycles. The molecule has 0 unspecified atom stereocenters. The number of carbonyl (C=O) groups excluding carboxylic acids is 1. The molecule has 2 N–H and O–H groups in total. The number of thiocarbonyl (C=S) groups is 1. The van der Waals surface area contributed by atoms with Crippen molar-refractivity contribution >= 4 is 82.3 Å². The molecule has 4 aromatic rings. The van der Waals surface area contributed by atoms with E-state index in [1.54, 1.807) is 30.6 Å². The third kappa shape index (κ3) is 4.71. The highest BCUT2D eigenvalue weighted by Crippen LogP contribution is 2.40. The summed E-state index contributed by atoms with van der Waals surface area (Å²) in [6.07, 6.45) is 0. The highest BCUT2D eigenvalue weighted by Gasteiger charge is 2.19. The van der Waals surface area contributed by atoms with Crippen molar-refractivity contribution in [2.24, 2.45) is 0 Å². The number of halogens is 2. The van der Waals surface area contributed by atoms with Gasteiger partial charge in [0.25, 0.3) is 5.91 Å². The largest absolute Gasteiger partial charge is 0.496 e. The highest BCUT2D eigenvalue weighted by atomic mass is 79.9. The Kier molecular flexibility index (Phi) is 6.90. The Bertz CT molecular complexity index is 1320. The molecule has 0 radical (unpaired) electrons. The van der Waals surface area contributed by atoms with Gasteiger partial charge in [-0.05, 0) is 71.0 Å². The molecular weight excluding hydrogens is 574 g/mol. The topological polar surface area (TPSA) is 63.2 Å². The van der Waals surface area contributed by atoms with Crippen molar-refractivity contribution in [3.63, 3.8) is 0 Å². The van der Waals surface area contributed by atoms with Crippen molar-refractivity contribution in [3.05, 3.63) is 74.7 Å². The number of thiazole rings is 1. The number of hydrogen-bond acceptors (Lipinski definition) is 5. The number of carbonyl (C=O) groups is 1. The lowest BCUT2D eigenvalue weighted by atomic mass is 10.1. The van der Waals surface area contributed by atoms with Crippen LogP contribution in [0.2, 0.25) is 0 Å². The summed E-state index contributed by atoms with van der Waals surface area (Å²) in [5.74, 6) is 0.172. The van der Waals surface area contributed by atoms with Gasteiger partial charge in [0.1, 0.15) is 10.8 Å². The lowest BCUT2D eigenvalue weighted by Crippen LogP contribution is -2.34. The molecule has 162 valence electrons. The quantitative estimate of drug-likeness (QED) is 0.252. The van der Waals surface area contributed by atoms with E-state index in [2.05, 4.69) is 42.5 Å². The number of nitrogens with one attached hydrogen (secondary N) is 2. The molecule has 0 spiro atoms. The maximum atomic E-state index is 12.8. The van der Waals surface area contributed by atoms with E-state index in [9.17, 15) is 4.79 Å². The van der Waals surface area contributed by atoms with Crippen LogP contribution < -0.4 is 15.4 Å². The molecule has 0 bridgehead atoms. The van der Waals surface area contributed by atoms with Crippen LogP contribution in [0.1, 0.15) is 15.9 Å². The molecule has 1 heterocycles. The average Bonchev–Trinajstić information content (AvgIpc) is 3.19. The number of fused-ring (bicyclic) bond motifs is 1. The number of aryl methyl sites for hydroxylation is 1. The van der Waals surface area contributed by atoms with Crippen LogP contribution >= 0.6 is 55.4 Å². The lowest BCUT2D eigenvalue weighted by Gasteiger charge is -2.16. The minimum absolute atomic E-state index is 0.170. The minimum Gasteiger partial charge on any atom is -0.496 e. The van der Waals surface area contributed by atoms with Crippen LogP contribution in [0.25, 0.3) is 20.8 Å².